The normalized spacial score (nSPS) is 10.2. The zero-order valence-electron chi connectivity index (χ0n) is 12.8. The average molecular weight is 289 g/mol. The maximum Gasteiger partial charge on any atom is 0.257 e. The maximum absolute atomic E-state index is 11.7. The van der Waals surface area contributed by atoms with Gasteiger partial charge in [-0.3, -0.25) is 4.79 Å². The monoisotopic (exact) mass is 289 g/mol. The van der Waals surface area contributed by atoms with E-state index in [2.05, 4.69) is 24.1 Å². The highest BCUT2D eigenvalue weighted by Gasteiger charge is 2.06. The van der Waals surface area contributed by atoms with Gasteiger partial charge in [-0.1, -0.05) is 26.0 Å². The molecule has 0 saturated heterocycles. The number of nitriles is 1. The summed E-state index contributed by atoms with van der Waals surface area (Å²) in [6.45, 7) is 7.86. The van der Waals surface area contributed by atoms with Crippen LogP contribution in [0.3, 0.4) is 0 Å². The zero-order chi connectivity index (χ0) is 15.5. The van der Waals surface area contributed by atoms with E-state index in [1.165, 1.54) is 0 Å². The van der Waals surface area contributed by atoms with Crippen LogP contribution in [0.5, 0.6) is 5.75 Å². The molecule has 114 valence electrons. The summed E-state index contributed by atoms with van der Waals surface area (Å²) in [4.78, 5) is 14.0. The molecule has 0 aromatic heterocycles. The van der Waals surface area contributed by atoms with Gasteiger partial charge in [0, 0.05) is 6.54 Å². The van der Waals surface area contributed by atoms with Gasteiger partial charge in [-0.2, -0.15) is 5.26 Å². The van der Waals surface area contributed by atoms with Gasteiger partial charge in [0.15, 0.2) is 6.61 Å². The minimum Gasteiger partial charge on any atom is -0.482 e. The first-order valence-electron chi connectivity index (χ1n) is 7.32. The van der Waals surface area contributed by atoms with E-state index in [1.807, 2.05) is 6.07 Å². The third-order valence-electron chi connectivity index (χ3n) is 3.23. The summed E-state index contributed by atoms with van der Waals surface area (Å²) in [6, 6.07) is 8.92. The molecule has 1 aromatic rings. The van der Waals surface area contributed by atoms with Crippen LogP contribution in [0.15, 0.2) is 24.3 Å². The van der Waals surface area contributed by atoms with Crippen molar-refractivity contribution < 1.29 is 9.53 Å². The van der Waals surface area contributed by atoms with Crippen molar-refractivity contribution in [3.05, 3.63) is 29.8 Å². The third-order valence-corrected chi connectivity index (χ3v) is 3.23. The largest absolute Gasteiger partial charge is 0.482 e. The summed E-state index contributed by atoms with van der Waals surface area (Å²) in [5.41, 5.74) is 0.437. The number of benzene rings is 1. The molecular formula is C16H23N3O2. The van der Waals surface area contributed by atoms with Crippen LogP contribution in [0.2, 0.25) is 0 Å². The van der Waals surface area contributed by atoms with Crippen LogP contribution in [-0.2, 0) is 4.79 Å². The fourth-order valence-corrected chi connectivity index (χ4v) is 1.95. The number of rotatable bonds is 9. The first kappa shape index (κ1) is 17.0. The van der Waals surface area contributed by atoms with Crippen LogP contribution in [0.1, 0.15) is 25.8 Å². The molecule has 0 heterocycles. The van der Waals surface area contributed by atoms with Crippen molar-refractivity contribution in [3.8, 4) is 11.8 Å². The molecule has 1 aromatic carbocycles. The summed E-state index contributed by atoms with van der Waals surface area (Å²) in [6.07, 6.45) is 0.919. The molecular weight excluding hydrogens is 266 g/mol. The summed E-state index contributed by atoms with van der Waals surface area (Å²) >= 11 is 0. The fraction of sp³-hybridized carbons (Fsp3) is 0.500. The number of para-hydroxylation sites is 1. The van der Waals surface area contributed by atoms with Crippen LogP contribution in [0.25, 0.3) is 0 Å². The number of carbonyl (C=O) groups is 1. The van der Waals surface area contributed by atoms with Crippen LogP contribution >= 0.6 is 0 Å². The van der Waals surface area contributed by atoms with E-state index < -0.39 is 0 Å². The Morgan fingerprint density at radius 1 is 1.33 bits per heavy atom. The summed E-state index contributed by atoms with van der Waals surface area (Å²) in [5.74, 6) is 0.278. The molecule has 0 atom stereocenters. The Labute approximate surface area is 126 Å². The van der Waals surface area contributed by atoms with Crippen molar-refractivity contribution >= 4 is 5.91 Å². The lowest BCUT2D eigenvalue weighted by molar-refractivity contribution is -0.123. The summed E-state index contributed by atoms with van der Waals surface area (Å²) in [7, 11) is 0. The van der Waals surface area contributed by atoms with Gasteiger partial charge in [0.1, 0.15) is 11.8 Å². The number of ether oxygens (including phenoxy) is 1. The Hall–Kier alpha value is -2.06. The van der Waals surface area contributed by atoms with Crippen LogP contribution in [0.4, 0.5) is 0 Å². The molecule has 5 heteroatoms. The van der Waals surface area contributed by atoms with E-state index in [0.717, 1.165) is 26.1 Å². The quantitative estimate of drug-likeness (QED) is 0.704. The Morgan fingerprint density at radius 3 is 2.71 bits per heavy atom. The Morgan fingerprint density at radius 2 is 2.05 bits per heavy atom. The minimum atomic E-state index is -0.165. The molecule has 0 bridgehead atoms. The molecule has 5 nitrogen and oxygen atoms in total. The maximum atomic E-state index is 11.7. The van der Waals surface area contributed by atoms with Gasteiger partial charge < -0.3 is 15.0 Å². The Bertz CT molecular complexity index is 479. The van der Waals surface area contributed by atoms with E-state index in [-0.39, 0.29) is 12.5 Å². The van der Waals surface area contributed by atoms with Gasteiger partial charge in [-0.05, 0) is 38.2 Å². The number of nitrogens with one attached hydrogen (secondary N) is 1. The van der Waals surface area contributed by atoms with Crippen molar-refractivity contribution in [1.82, 2.24) is 10.2 Å². The summed E-state index contributed by atoms with van der Waals surface area (Å²) < 4.78 is 5.37. The number of carbonyl (C=O) groups excluding carboxylic acids is 1. The average Bonchev–Trinajstić information content (AvgIpc) is 2.53. The van der Waals surface area contributed by atoms with Gasteiger partial charge in [0.05, 0.1) is 5.56 Å². The highest BCUT2D eigenvalue weighted by molar-refractivity contribution is 5.77. The first-order chi connectivity index (χ1) is 10.2. The number of nitrogens with zero attached hydrogens (tertiary/aromatic N) is 2. The third kappa shape index (κ3) is 6.28. The van der Waals surface area contributed by atoms with Crippen molar-refractivity contribution in [2.75, 3.05) is 32.8 Å². The Balaban J connectivity index is 2.24. The molecule has 0 fully saturated rings. The lowest BCUT2D eigenvalue weighted by Crippen LogP contribution is -2.32. The second-order valence-electron chi connectivity index (χ2n) is 4.63. The van der Waals surface area contributed by atoms with Crippen LogP contribution < -0.4 is 10.1 Å². The van der Waals surface area contributed by atoms with Crippen molar-refractivity contribution in [1.29, 1.82) is 5.26 Å². The van der Waals surface area contributed by atoms with Gasteiger partial charge in [-0.15, -0.1) is 0 Å². The molecule has 1 rings (SSSR count). The second kappa shape index (κ2) is 9.78. The van der Waals surface area contributed by atoms with E-state index >= 15 is 0 Å². The van der Waals surface area contributed by atoms with Crippen LogP contribution in [0, 0.1) is 11.3 Å². The van der Waals surface area contributed by atoms with E-state index in [1.54, 1.807) is 24.3 Å². The van der Waals surface area contributed by atoms with Gasteiger partial charge in [-0.25, -0.2) is 0 Å². The van der Waals surface area contributed by atoms with Gasteiger partial charge in [0.25, 0.3) is 5.91 Å². The van der Waals surface area contributed by atoms with E-state index in [0.29, 0.717) is 17.9 Å². The highest BCUT2D eigenvalue weighted by Crippen LogP contribution is 2.15. The molecule has 0 aliphatic heterocycles. The molecule has 0 saturated carbocycles. The molecule has 0 radical (unpaired) electrons. The lowest BCUT2D eigenvalue weighted by atomic mass is 10.2. The molecule has 0 aliphatic carbocycles. The van der Waals surface area contributed by atoms with Crippen molar-refractivity contribution in [3.63, 3.8) is 0 Å². The summed E-state index contributed by atoms with van der Waals surface area (Å²) in [5, 5.41) is 11.7. The van der Waals surface area contributed by atoms with Crippen molar-refractivity contribution in [2.24, 2.45) is 0 Å². The molecule has 1 N–H and O–H groups in total. The zero-order valence-corrected chi connectivity index (χ0v) is 12.8. The van der Waals surface area contributed by atoms with E-state index in [9.17, 15) is 4.79 Å². The smallest absolute Gasteiger partial charge is 0.257 e. The molecule has 0 unspecified atom stereocenters. The topological polar surface area (TPSA) is 65.4 Å². The van der Waals surface area contributed by atoms with Crippen molar-refractivity contribution in [2.45, 2.75) is 20.3 Å². The predicted molar refractivity (Wildman–Crippen MR) is 82.1 cm³/mol. The van der Waals surface area contributed by atoms with Gasteiger partial charge in [0.2, 0.25) is 0 Å². The molecule has 21 heavy (non-hydrogen) atoms. The number of hydrogen-bond acceptors (Lipinski definition) is 4. The minimum absolute atomic E-state index is 0.0655. The number of amides is 1. The predicted octanol–water partition coefficient (Wildman–Crippen LogP) is 1.79. The number of hydrogen-bond donors (Lipinski definition) is 1. The lowest BCUT2D eigenvalue weighted by Gasteiger charge is -2.17. The second-order valence-corrected chi connectivity index (χ2v) is 4.63. The molecule has 0 spiro atoms. The molecule has 1 amide bonds. The standard InChI is InChI=1S/C16H23N3O2/c1-3-19(4-2)11-7-10-18-16(20)13-21-15-9-6-5-8-14(15)12-17/h5-6,8-9H,3-4,7,10-11,13H2,1-2H3,(H,18,20). The molecule has 0 aliphatic rings. The SMILES string of the molecule is CCN(CC)CCCNC(=O)COc1ccccc1C#N. The van der Waals surface area contributed by atoms with E-state index in [4.69, 9.17) is 10.00 Å². The highest BCUT2D eigenvalue weighted by atomic mass is 16.5. The fourth-order valence-electron chi connectivity index (χ4n) is 1.95. The Kier molecular flexibility index (Phi) is 7.92. The van der Waals surface area contributed by atoms with Crippen LogP contribution in [-0.4, -0.2) is 43.6 Å². The first-order valence-corrected chi connectivity index (χ1v) is 7.32. The van der Waals surface area contributed by atoms with Gasteiger partial charge >= 0.3 is 0 Å².